The fourth-order valence-electron chi connectivity index (χ4n) is 1.05. The number of aliphatic hydroxyl groups is 1. The number of nitriles is 1. The predicted molar refractivity (Wildman–Crippen MR) is 74.6 cm³/mol. The van der Waals surface area contributed by atoms with Gasteiger partial charge in [-0.1, -0.05) is 12.1 Å². The van der Waals surface area contributed by atoms with Gasteiger partial charge in [0, 0.05) is 0 Å². The Morgan fingerprint density at radius 3 is 1.95 bits per heavy atom. The van der Waals surface area contributed by atoms with E-state index in [1.54, 1.807) is 52.0 Å². The predicted octanol–water partition coefficient (Wildman–Crippen LogP) is 0.435. The van der Waals surface area contributed by atoms with Gasteiger partial charge in [0.1, 0.15) is 17.4 Å². The summed E-state index contributed by atoms with van der Waals surface area (Å²) >= 11 is 0. The summed E-state index contributed by atoms with van der Waals surface area (Å²) < 4.78 is 5.72. The summed E-state index contributed by atoms with van der Waals surface area (Å²) in [6.07, 6.45) is 0. The molecule has 0 unspecified atom stereocenters. The van der Waals surface area contributed by atoms with Gasteiger partial charge in [-0.25, -0.2) is 0 Å². The van der Waals surface area contributed by atoms with Gasteiger partial charge in [0.2, 0.25) is 0 Å². The number of benzene rings is 1. The van der Waals surface area contributed by atoms with E-state index >= 15 is 0 Å². The van der Waals surface area contributed by atoms with E-state index in [9.17, 15) is 5.11 Å². The largest absolute Gasteiger partial charge is 0.631 e. The Labute approximate surface area is 119 Å². The van der Waals surface area contributed by atoms with Gasteiger partial charge in [0.15, 0.2) is 0 Å². The maximum absolute atomic E-state index is 9.96. The lowest BCUT2D eigenvalue weighted by Crippen LogP contribution is -2.49. The second-order valence-electron chi connectivity index (χ2n) is 5.13. The Bertz CT molecular complexity index is 460. The quantitative estimate of drug-likeness (QED) is 0.597. The molecule has 0 heterocycles. The third-order valence-electron chi connectivity index (χ3n) is 2.85. The van der Waals surface area contributed by atoms with Crippen LogP contribution in [0.2, 0.25) is 0 Å². The molecule has 0 aliphatic carbocycles. The topological polar surface area (TPSA) is 114 Å². The van der Waals surface area contributed by atoms with Crippen molar-refractivity contribution in [3.05, 3.63) is 29.8 Å². The van der Waals surface area contributed by atoms with Crippen molar-refractivity contribution >= 4 is 7.32 Å². The van der Waals surface area contributed by atoms with Crippen LogP contribution in [-0.4, -0.2) is 38.7 Å². The highest BCUT2D eigenvalue weighted by Gasteiger charge is 2.37. The molecule has 0 atom stereocenters. The van der Waals surface area contributed by atoms with E-state index in [1.807, 2.05) is 0 Å². The van der Waals surface area contributed by atoms with Gasteiger partial charge < -0.3 is 24.9 Å². The van der Waals surface area contributed by atoms with E-state index in [1.165, 1.54) is 0 Å². The van der Waals surface area contributed by atoms with Crippen LogP contribution in [0.3, 0.4) is 0 Å². The van der Waals surface area contributed by atoms with E-state index < -0.39 is 18.5 Å². The molecule has 0 amide bonds. The Kier molecular flexibility index (Phi) is 6.69. The van der Waals surface area contributed by atoms with E-state index in [-0.39, 0.29) is 0 Å². The molecule has 0 fully saturated rings. The summed E-state index contributed by atoms with van der Waals surface area (Å²) in [7, 11) is -2.17. The Morgan fingerprint density at radius 2 is 1.55 bits per heavy atom. The smallest absolute Gasteiger partial charge is 0.483 e. The lowest BCUT2D eigenvalue weighted by molar-refractivity contribution is -0.0907. The van der Waals surface area contributed by atoms with Crippen molar-refractivity contribution < 1.29 is 24.9 Å². The van der Waals surface area contributed by atoms with Gasteiger partial charge >= 0.3 is 7.32 Å². The van der Waals surface area contributed by atoms with Crippen molar-refractivity contribution in [1.29, 1.82) is 5.26 Å². The molecular formula is C13H20BNO5. The molecule has 1 rings (SSSR count). The molecular weight excluding hydrogens is 261 g/mol. The minimum atomic E-state index is -2.17. The Morgan fingerprint density at radius 1 is 1.10 bits per heavy atom. The van der Waals surface area contributed by atoms with Crippen molar-refractivity contribution in [2.24, 2.45) is 0 Å². The van der Waals surface area contributed by atoms with Crippen LogP contribution in [0.25, 0.3) is 0 Å². The molecule has 0 bridgehead atoms. The molecule has 0 saturated carbocycles. The van der Waals surface area contributed by atoms with Crippen LogP contribution in [0.4, 0.5) is 0 Å². The summed E-state index contributed by atoms with van der Waals surface area (Å²) in [6.45, 7) is 6.95. The molecule has 7 heteroatoms. The monoisotopic (exact) mass is 281 g/mol. The fraction of sp³-hybridized carbons (Fsp3) is 0.462. The molecule has 6 nitrogen and oxygen atoms in total. The van der Waals surface area contributed by atoms with Gasteiger partial charge in [-0.15, -0.1) is 0 Å². The number of rotatable bonds is 3. The van der Waals surface area contributed by atoms with E-state index in [0.717, 1.165) is 0 Å². The summed E-state index contributed by atoms with van der Waals surface area (Å²) in [5, 5.41) is 40.4. The number of hydrogen-bond acceptors (Lipinski definition) is 6. The second kappa shape index (κ2) is 7.26. The average molecular weight is 281 g/mol. The normalized spacial score (nSPS) is 10.9. The van der Waals surface area contributed by atoms with Crippen LogP contribution in [0.15, 0.2) is 24.3 Å². The van der Waals surface area contributed by atoms with Gasteiger partial charge in [-0.2, -0.15) is 5.26 Å². The third-order valence-corrected chi connectivity index (χ3v) is 2.85. The summed E-state index contributed by atoms with van der Waals surface area (Å²) in [5.41, 5.74) is -1.28. The number of para-hydroxylation sites is 1. The minimum absolute atomic E-state index is 0.472. The molecule has 110 valence electrons. The highest BCUT2D eigenvalue weighted by atomic mass is 16.5. The molecule has 0 aromatic heterocycles. The summed E-state index contributed by atoms with van der Waals surface area (Å²) in [4.78, 5) is 0. The van der Waals surface area contributed by atoms with Crippen molar-refractivity contribution in [1.82, 2.24) is 0 Å². The molecule has 0 radical (unpaired) electrons. The molecule has 4 N–H and O–H groups in total. The average Bonchev–Trinajstić information content (AvgIpc) is 2.27. The number of ether oxygens (including phenoxy) is 1. The van der Waals surface area contributed by atoms with Crippen molar-refractivity contribution in [3.63, 3.8) is 0 Å². The van der Waals surface area contributed by atoms with E-state index in [4.69, 9.17) is 25.1 Å². The maximum Gasteiger partial charge on any atom is 0.631 e. The van der Waals surface area contributed by atoms with Crippen LogP contribution < -0.4 is 4.74 Å². The first-order valence-electron chi connectivity index (χ1n) is 5.96. The van der Waals surface area contributed by atoms with Crippen molar-refractivity contribution in [3.8, 4) is 11.8 Å². The van der Waals surface area contributed by atoms with Crippen LogP contribution >= 0.6 is 0 Å². The maximum atomic E-state index is 9.96. The van der Waals surface area contributed by atoms with Crippen LogP contribution in [0.5, 0.6) is 5.75 Å². The lowest BCUT2D eigenvalue weighted by Gasteiger charge is -2.37. The summed E-state index contributed by atoms with van der Waals surface area (Å²) in [6, 6.07) is 9.06. The van der Waals surface area contributed by atoms with Crippen molar-refractivity contribution in [2.75, 3.05) is 0 Å². The van der Waals surface area contributed by atoms with Crippen LogP contribution in [-0.2, 0) is 0 Å². The van der Waals surface area contributed by atoms with Crippen LogP contribution in [0.1, 0.15) is 33.3 Å². The molecule has 20 heavy (non-hydrogen) atoms. The SMILES string of the molecule is CC(C)(O)C(C)(C)Oc1ccccc1C#N.OB(O)O. The number of hydrogen-bond donors (Lipinski definition) is 4. The lowest BCUT2D eigenvalue weighted by atomic mass is 9.89. The zero-order valence-electron chi connectivity index (χ0n) is 12.0. The number of nitrogens with zero attached hydrogens (tertiary/aromatic N) is 1. The van der Waals surface area contributed by atoms with Gasteiger partial charge in [-0.3, -0.25) is 0 Å². The van der Waals surface area contributed by atoms with Gasteiger partial charge in [0.25, 0.3) is 0 Å². The highest BCUT2D eigenvalue weighted by Crippen LogP contribution is 2.29. The highest BCUT2D eigenvalue weighted by molar-refractivity contribution is 6.30. The Balaban J connectivity index is 0.000000796. The fourth-order valence-corrected chi connectivity index (χ4v) is 1.05. The zero-order chi connectivity index (χ0) is 16.0. The standard InChI is InChI=1S/C13H17NO2.BH3O3/c1-12(2,15)13(3,4)16-11-8-6-5-7-10(11)9-14;2-1(3)4/h5-8,15H,1-4H3;2-4H. The molecule has 0 saturated heterocycles. The summed E-state index contributed by atoms with van der Waals surface area (Å²) in [5.74, 6) is 0.497. The minimum Gasteiger partial charge on any atom is -0.483 e. The molecule has 0 spiro atoms. The second-order valence-corrected chi connectivity index (χ2v) is 5.13. The molecule has 0 aliphatic rings. The first-order chi connectivity index (χ1) is 9.01. The van der Waals surface area contributed by atoms with Crippen LogP contribution in [0, 0.1) is 11.3 Å². The van der Waals surface area contributed by atoms with E-state index in [2.05, 4.69) is 6.07 Å². The molecule has 1 aromatic rings. The first kappa shape index (κ1) is 18.4. The van der Waals surface area contributed by atoms with E-state index in [0.29, 0.717) is 11.3 Å². The third kappa shape index (κ3) is 6.04. The Hall–Kier alpha value is -1.59. The molecule has 1 aromatic carbocycles. The first-order valence-corrected chi connectivity index (χ1v) is 5.96. The van der Waals surface area contributed by atoms with Crippen molar-refractivity contribution in [2.45, 2.75) is 38.9 Å². The molecule has 0 aliphatic heterocycles. The van der Waals surface area contributed by atoms with Gasteiger partial charge in [-0.05, 0) is 39.8 Å². The van der Waals surface area contributed by atoms with Gasteiger partial charge in [0.05, 0.1) is 11.2 Å². The zero-order valence-corrected chi connectivity index (χ0v) is 12.0.